The Kier molecular flexibility index (Phi) is 6.29. The smallest absolute Gasteiger partial charge is 0.224 e. The number of benzene rings is 1. The van der Waals surface area contributed by atoms with Crippen molar-refractivity contribution in [2.75, 3.05) is 0 Å². The van der Waals surface area contributed by atoms with Gasteiger partial charge in [0.05, 0.1) is 18.3 Å². The van der Waals surface area contributed by atoms with Gasteiger partial charge >= 0.3 is 0 Å². The summed E-state index contributed by atoms with van der Waals surface area (Å²) in [6, 6.07) is 12.1. The topological polar surface area (TPSA) is 59.8 Å². The van der Waals surface area contributed by atoms with Crippen molar-refractivity contribution in [2.24, 2.45) is 7.05 Å². The molecule has 140 valence electrons. The fourth-order valence-electron chi connectivity index (χ4n) is 2.78. The van der Waals surface area contributed by atoms with Gasteiger partial charge in [0.1, 0.15) is 0 Å². The van der Waals surface area contributed by atoms with Gasteiger partial charge in [0.15, 0.2) is 0 Å². The van der Waals surface area contributed by atoms with Gasteiger partial charge in [0, 0.05) is 41.7 Å². The molecule has 0 saturated heterocycles. The Labute approximate surface area is 164 Å². The summed E-state index contributed by atoms with van der Waals surface area (Å²) < 4.78 is 1.74. The molecule has 3 rings (SSSR count). The van der Waals surface area contributed by atoms with Crippen LogP contribution in [-0.2, 0) is 24.8 Å². The van der Waals surface area contributed by atoms with E-state index in [2.05, 4.69) is 41.4 Å². The van der Waals surface area contributed by atoms with E-state index in [4.69, 9.17) is 0 Å². The Morgan fingerprint density at radius 2 is 2.00 bits per heavy atom. The quantitative estimate of drug-likeness (QED) is 0.633. The van der Waals surface area contributed by atoms with Crippen LogP contribution in [0.25, 0.3) is 11.3 Å². The SMILES string of the molecule is CC(C)Sc1ccc(CC(=O)NCc2cccnc2-c2cnn(C)c2)cc1. The molecule has 0 aliphatic carbocycles. The summed E-state index contributed by atoms with van der Waals surface area (Å²) >= 11 is 1.82. The molecule has 5 nitrogen and oxygen atoms in total. The first-order chi connectivity index (χ1) is 13.0. The zero-order valence-corrected chi connectivity index (χ0v) is 16.7. The summed E-state index contributed by atoms with van der Waals surface area (Å²) in [5.74, 6) is 0.000234. The molecular weight excluding hydrogens is 356 g/mol. The van der Waals surface area contributed by atoms with Crippen molar-refractivity contribution in [3.63, 3.8) is 0 Å². The average Bonchev–Trinajstić information content (AvgIpc) is 3.08. The van der Waals surface area contributed by atoms with E-state index in [0.717, 1.165) is 22.4 Å². The molecule has 27 heavy (non-hydrogen) atoms. The number of nitrogens with zero attached hydrogens (tertiary/aromatic N) is 3. The van der Waals surface area contributed by atoms with E-state index in [1.54, 1.807) is 17.1 Å². The molecule has 0 aliphatic rings. The highest BCUT2D eigenvalue weighted by atomic mass is 32.2. The largest absolute Gasteiger partial charge is 0.352 e. The van der Waals surface area contributed by atoms with Crippen LogP contribution < -0.4 is 5.32 Å². The third-order valence-corrected chi connectivity index (χ3v) is 5.02. The standard InChI is InChI=1S/C21H24N4OS/c1-15(2)27-19-8-6-16(7-9-19)11-20(26)23-12-17-5-4-10-22-21(17)18-13-24-25(3)14-18/h4-10,13-15H,11-12H2,1-3H3,(H,23,26). The van der Waals surface area contributed by atoms with Crippen LogP contribution in [0.4, 0.5) is 0 Å². The summed E-state index contributed by atoms with van der Waals surface area (Å²) in [4.78, 5) is 18.0. The maximum absolute atomic E-state index is 12.3. The van der Waals surface area contributed by atoms with Gasteiger partial charge in [-0.05, 0) is 29.3 Å². The molecule has 0 bridgehead atoms. The summed E-state index contributed by atoms with van der Waals surface area (Å²) in [5, 5.41) is 7.75. The number of carbonyl (C=O) groups excluding carboxylic acids is 1. The minimum absolute atomic E-state index is 0.000234. The minimum Gasteiger partial charge on any atom is -0.352 e. The van der Waals surface area contributed by atoms with Crippen molar-refractivity contribution in [2.45, 2.75) is 37.0 Å². The van der Waals surface area contributed by atoms with Gasteiger partial charge < -0.3 is 5.32 Å². The van der Waals surface area contributed by atoms with Gasteiger partial charge in [-0.3, -0.25) is 14.5 Å². The van der Waals surface area contributed by atoms with Crippen LogP contribution >= 0.6 is 11.8 Å². The number of rotatable bonds is 7. The maximum Gasteiger partial charge on any atom is 0.224 e. The van der Waals surface area contributed by atoms with Crippen molar-refractivity contribution < 1.29 is 4.79 Å². The highest BCUT2D eigenvalue weighted by Gasteiger charge is 2.10. The number of amides is 1. The monoisotopic (exact) mass is 380 g/mol. The van der Waals surface area contributed by atoms with Gasteiger partial charge in [0.2, 0.25) is 5.91 Å². The Balaban J connectivity index is 1.60. The summed E-state index contributed by atoms with van der Waals surface area (Å²) in [6.07, 6.45) is 5.83. The van der Waals surface area contributed by atoms with E-state index >= 15 is 0 Å². The molecule has 3 aromatic rings. The fraction of sp³-hybridized carbons (Fsp3) is 0.286. The molecule has 0 saturated carbocycles. The van der Waals surface area contributed by atoms with Crippen molar-refractivity contribution in [3.8, 4) is 11.3 Å². The predicted octanol–water partition coefficient (Wildman–Crippen LogP) is 3.84. The summed E-state index contributed by atoms with van der Waals surface area (Å²) in [6.45, 7) is 4.78. The van der Waals surface area contributed by atoms with E-state index in [-0.39, 0.29) is 5.91 Å². The number of nitrogens with one attached hydrogen (secondary N) is 1. The number of aromatic nitrogens is 3. The summed E-state index contributed by atoms with van der Waals surface area (Å²) in [5.41, 5.74) is 3.78. The van der Waals surface area contributed by atoms with Crippen molar-refractivity contribution in [3.05, 3.63) is 66.1 Å². The Morgan fingerprint density at radius 1 is 1.22 bits per heavy atom. The number of hydrogen-bond donors (Lipinski definition) is 1. The van der Waals surface area contributed by atoms with Gasteiger partial charge in [0.25, 0.3) is 0 Å². The Morgan fingerprint density at radius 3 is 2.67 bits per heavy atom. The lowest BCUT2D eigenvalue weighted by Gasteiger charge is -2.09. The minimum atomic E-state index is 0.000234. The first kappa shape index (κ1) is 19.2. The van der Waals surface area contributed by atoms with Crippen LogP contribution in [0.2, 0.25) is 0 Å². The van der Waals surface area contributed by atoms with E-state index in [0.29, 0.717) is 18.2 Å². The third-order valence-electron chi connectivity index (χ3n) is 4.01. The lowest BCUT2D eigenvalue weighted by atomic mass is 10.1. The predicted molar refractivity (Wildman–Crippen MR) is 109 cm³/mol. The molecule has 0 aliphatic heterocycles. The lowest BCUT2D eigenvalue weighted by Crippen LogP contribution is -2.24. The molecule has 1 aromatic carbocycles. The van der Waals surface area contributed by atoms with Crippen molar-refractivity contribution in [1.82, 2.24) is 20.1 Å². The molecule has 1 N–H and O–H groups in total. The number of thioether (sulfide) groups is 1. The molecular formula is C21H24N4OS. The first-order valence-corrected chi connectivity index (χ1v) is 9.84. The molecule has 2 aromatic heterocycles. The second-order valence-electron chi connectivity index (χ2n) is 6.68. The Hall–Kier alpha value is -2.60. The van der Waals surface area contributed by atoms with Gasteiger partial charge in [-0.15, -0.1) is 11.8 Å². The molecule has 0 atom stereocenters. The molecule has 0 unspecified atom stereocenters. The van der Waals surface area contributed by atoms with E-state index in [1.807, 2.05) is 49.3 Å². The van der Waals surface area contributed by atoms with Crippen LogP contribution in [0.1, 0.15) is 25.0 Å². The lowest BCUT2D eigenvalue weighted by molar-refractivity contribution is -0.120. The molecule has 0 radical (unpaired) electrons. The van der Waals surface area contributed by atoms with Crippen LogP contribution in [0.5, 0.6) is 0 Å². The average molecular weight is 381 g/mol. The number of hydrogen-bond acceptors (Lipinski definition) is 4. The van der Waals surface area contributed by atoms with E-state index < -0.39 is 0 Å². The highest BCUT2D eigenvalue weighted by molar-refractivity contribution is 7.99. The number of pyridine rings is 1. The molecule has 0 fully saturated rings. The van der Waals surface area contributed by atoms with Crippen molar-refractivity contribution >= 4 is 17.7 Å². The number of aryl methyl sites for hydroxylation is 1. The first-order valence-electron chi connectivity index (χ1n) is 8.96. The van der Waals surface area contributed by atoms with E-state index in [9.17, 15) is 4.79 Å². The van der Waals surface area contributed by atoms with Crippen LogP contribution in [-0.4, -0.2) is 25.9 Å². The normalized spacial score (nSPS) is 11.0. The van der Waals surface area contributed by atoms with Crippen LogP contribution in [0, 0.1) is 0 Å². The zero-order valence-electron chi connectivity index (χ0n) is 15.8. The van der Waals surface area contributed by atoms with Gasteiger partial charge in [-0.25, -0.2) is 0 Å². The van der Waals surface area contributed by atoms with Gasteiger partial charge in [-0.2, -0.15) is 5.10 Å². The zero-order chi connectivity index (χ0) is 19.2. The third kappa shape index (κ3) is 5.44. The summed E-state index contributed by atoms with van der Waals surface area (Å²) in [7, 11) is 1.87. The Bertz CT molecular complexity index is 903. The molecule has 6 heteroatoms. The van der Waals surface area contributed by atoms with Crippen LogP contribution in [0.15, 0.2) is 59.9 Å². The molecule has 1 amide bonds. The van der Waals surface area contributed by atoms with Gasteiger partial charge in [-0.1, -0.05) is 32.0 Å². The second-order valence-corrected chi connectivity index (χ2v) is 8.33. The fourth-order valence-corrected chi connectivity index (χ4v) is 3.62. The van der Waals surface area contributed by atoms with E-state index in [1.165, 1.54) is 4.90 Å². The highest BCUT2D eigenvalue weighted by Crippen LogP contribution is 2.23. The van der Waals surface area contributed by atoms with Crippen LogP contribution in [0.3, 0.4) is 0 Å². The maximum atomic E-state index is 12.3. The molecule has 2 heterocycles. The number of carbonyl (C=O) groups is 1. The molecule has 0 spiro atoms. The van der Waals surface area contributed by atoms with Crippen molar-refractivity contribution in [1.29, 1.82) is 0 Å². The second kappa shape index (κ2) is 8.86.